The first-order valence-electron chi connectivity index (χ1n) is 14.6. The van der Waals surface area contributed by atoms with Gasteiger partial charge >= 0.3 is 0 Å². The maximum absolute atomic E-state index is 13.5. The van der Waals surface area contributed by atoms with Gasteiger partial charge in [0.25, 0.3) is 0 Å². The Labute approximate surface area is 250 Å². The summed E-state index contributed by atoms with van der Waals surface area (Å²) in [6.45, 7) is 6.75. The minimum atomic E-state index is -0.907. The van der Waals surface area contributed by atoms with Crippen molar-refractivity contribution in [1.29, 1.82) is 0 Å². The zero-order valence-electron chi connectivity index (χ0n) is 26.0. The number of likely N-dealkylation sites (N-methyl/N-ethyl adjacent to an activating group) is 1. The third kappa shape index (κ3) is 13.1. The van der Waals surface area contributed by atoms with Crippen molar-refractivity contribution >= 4 is 40.2 Å². The van der Waals surface area contributed by atoms with Crippen LogP contribution in [0.1, 0.15) is 52.0 Å². The minimum absolute atomic E-state index is 0.0191. The summed E-state index contributed by atoms with van der Waals surface area (Å²) < 4.78 is 0. The standard InChI is InChI=1S/C29H43N7O4.C2H6/c1-20(37)14-15-26(38)34-24(13-8-16-33-29(30)36(3)4)28(40)35-25(27(39)32-18-17-31-2)19-22-11-7-10-21-9-5-6-12-23(21)22;1-2/h5-7,9-12,24-25,31H,8,13-19H2,1-4H3,(H2,30,33)(H,32,39)(H,34,38)(H,35,40);1-2H3. The van der Waals surface area contributed by atoms with E-state index in [0.29, 0.717) is 32.0 Å². The largest absolute Gasteiger partial charge is 0.370 e. The lowest BCUT2D eigenvalue weighted by Crippen LogP contribution is -2.55. The summed E-state index contributed by atoms with van der Waals surface area (Å²) in [6.07, 6.45) is 1.09. The van der Waals surface area contributed by atoms with Gasteiger partial charge in [0, 0.05) is 53.0 Å². The maximum Gasteiger partial charge on any atom is 0.243 e. The van der Waals surface area contributed by atoms with Crippen LogP contribution in [-0.2, 0) is 25.6 Å². The van der Waals surface area contributed by atoms with E-state index in [-0.39, 0.29) is 37.4 Å². The molecule has 0 saturated heterocycles. The van der Waals surface area contributed by atoms with Crippen LogP contribution in [0, 0.1) is 0 Å². The molecule has 0 radical (unpaired) electrons. The highest BCUT2D eigenvalue weighted by atomic mass is 16.2. The quantitative estimate of drug-likeness (QED) is 0.114. The van der Waals surface area contributed by atoms with Gasteiger partial charge in [0.15, 0.2) is 5.96 Å². The van der Waals surface area contributed by atoms with Crippen LogP contribution >= 0.6 is 0 Å². The van der Waals surface area contributed by atoms with Crippen LogP contribution in [0.4, 0.5) is 0 Å². The number of carbonyl (C=O) groups is 4. The monoisotopic (exact) mass is 583 g/mol. The van der Waals surface area contributed by atoms with Crippen LogP contribution in [0.3, 0.4) is 0 Å². The Morgan fingerprint density at radius 2 is 1.60 bits per heavy atom. The molecule has 6 N–H and O–H groups in total. The molecular weight excluding hydrogens is 534 g/mol. The van der Waals surface area contributed by atoms with Crippen molar-refractivity contribution in [2.24, 2.45) is 10.7 Å². The van der Waals surface area contributed by atoms with Crippen molar-refractivity contribution in [1.82, 2.24) is 26.2 Å². The minimum Gasteiger partial charge on any atom is -0.370 e. The van der Waals surface area contributed by atoms with Gasteiger partial charge < -0.3 is 36.7 Å². The lowest BCUT2D eigenvalue weighted by atomic mass is 9.98. The molecule has 0 aliphatic rings. The zero-order valence-corrected chi connectivity index (χ0v) is 26.0. The van der Waals surface area contributed by atoms with E-state index in [9.17, 15) is 19.2 Å². The highest BCUT2D eigenvalue weighted by Gasteiger charge is 2.27. The van der Waals surface area contributed by atoms with Crippen molar-refractivity contribution in [3.63, 3.8) is 0 Å². The number of Topliss-reactive ketones (excluding diaryl/α,β-unsaturated/α-hetero) is 1. The molecule has 0 aliphatic carbocycles. The molecule has 232 valence electrons. The van der Waals surface area contributed by atoms with Crippen molar-refractivity contribution in [3.05, 3.63) is 48.0 Å². The Bertz CT molecular complexity index is 1180. The van der Waals surface area contributed by atoms with Gasteiger partial charge in [-0.05, 0) is 43.1 Å². The van der Waals surface area contributed by atoms with Crippen molar-refractivity contribution < 1.29 is 19.2 Å². The maximum atomic E-state index is 13.5. The Morgan fingerprint density at radius 1 is 0.905 bits per heavy atom. The number of amides is 3. The number of nitrogens with one attached hydrogen (secondary N) is 4. The Balaban J connectivity index is 0.00000431. The summed E-state index contributed by atoms with van der Waals surface area (Å²) in [4.78, 5) is 56.5. The summed E-state index contributed by atoms with van der Waals surface area (Å²) in [7, 11) is 5.35. The summed E-state index contributed by atoms with van der Waals surface area (Å²) >= 11 is 0. The fraction of sp³-hybridized carbons (Fsp3) is 0.516. The van der Waals surface area contributed by atoms with Crippen LogP contribution in [0.15, 0.2) is 47.5 Å². The SMILES string of the molecule is CC.CNCCNC(=O)C(Cc1cccc2ccccc12)NC(=O)C(CCCN=C(N)N(C)C)NC(=O)CCC(C)=O. The third-order valence-electron chi connectivity index (χ3n) is 6.35. The van der Waals surface area contributed by atoms with E-state index in [1.165, 1.54) is 6.92 Å². The molecule has 2 aromatic rings. The first kappa shape index (κ1) is 36.0. The zero-order chi connectivity index (χ0) is 31.5. The van der Waals surface area contributed by atoms with Gasteiger partial charge in [-0.15, -0.1) is 0 Å². The third-order valence-corrected chi connectivity index (χ3v) is 6.35. The molecule has 2 atom stereocenters. The lowest BCUT2D eigenvalue weighted by Gasteiger charge is -2.24. The van der Waals surface area contributed by atoms with Crippen LogP contribution < -0.4 is 27.0 Å². The van der Waals surface area contributed by atoms with Crippen molar-refractivity contribution in [3.8, 4) is 0 Å². The molecule has 0 aliphatic heterocycles. The molecule has 42 heavy (non-hydrogen) atoms. The highest BCUT2D eigenvalue weighted by molar-refractivity contribution is 5.93. The van der Waals surface area contributed by atoms with Crippen LogP contribution in [0.5, 0.6) is 0 Å². The van der Waals surface area contributed by atoms with Crippen LogP contribution in [0.2, 0.25) is 0 Å². The molecule has 11 nitrogen and oxygen atoms in total. The number of carbonyl (C=O) groups excluding carboxylic acids is 4. The average molecular weight is 584 g/mol. The number of nitrogens with two attached hydrogens (primary N) is 1. The van der Waals surface area contributed by atoms with E-state index in [0.717, 1.165) is 16.3 Å². The molecule has 0 spiro atoms. The summed E-state index contributed by atoms with van der Waals surface area (Å²) in [6, 6.07) is 12.0. The number of rotatable bonds is 16. The van der Waals surface area contributed by atoms with E-state index in [4.69, 9.17) is 5.73 Å². The molecule has 2 unspecified atom stereocenters. The predicted octanol–water partition coefficient (Wildman–Crippen LogP) is 1.74. The van der Waals surface area contributed by atoms with E-state index < -0.39 is 23.9 Å². The van der Waals surface area contributed by atoms with Gasteiger partial charge in [-0.2, -0.15) is 0 Å². The lowest BCUT2D eigenvalue weighted by molar-refractivity contribution is -0.132. The molecule has 0 saturated carbocycles. The number of ketones is 1. The van der Waals surface area contributed by atoms with Crippen molar-refractivity contribution in [2.45, 2.75) is 65.0 Å². The number of nitrogens with zero attached hydrogens (tertiary/aromatic N) is 2. The second kappa shape index (κ2) is 20.0. The topological polar surface area (TPSA) is 158 Å². The van der Waals surface area contributed by atoms with Gasteiger partial charge in [-0.1, -0.05) is 56.3 Å². The normalized spacial score (nSPS) is 12.4. The number of hydrogen-bond acceptors (Lipinski definition) is 6. The Kier molecular flexibility index (Phi) is 17.1. The second-order valence-corrected chi connectivity index (χ2v) is 9.90. The van der Waals surface area contributed by atoms with E-state index in [2.05, 4.69) is 26.3 Å². The van der Waals surface area contributed by atoms with Gasteiger partial charge in [-0.3, -0.25) is 19.4 Å². The Morgan fingerprint density at radius 3 is 2.26 bits per heavy atom. The molecule has 0 heterocycles. The van der Waals surface area contributed by atoms with E-state index in [1.807, 2.05) is 56.3 Å². The number of fused-ring (bicyclic) bond motifs is 1. The van der Waals surface area contributed by atoms with E-state index in [1.54, 1.807) is 26.0 Å². The number of guanidine groups is 1. The molecule has 11 heteroatoms. The van der Waals surface area contributed by atoms with Gasteiger partial charge in [0.2, 0.25) is 17.7 Å². The summed E-state index contributed by atoms with van der Waals surface area (Å²) in [5.41, 5.74) is 6.77. The molecule has 2 rings (SSSR count). The fourth-order valence-corrected chi connectivity index (χ4v) is 4.06. The second-order valence-electron chi connectivity index (χ2n) is 9.90. The smallest absolute Gasteiger partial charge is 0.243 e. The first-order chi connectivity index (χ1) is 20.1. The predicted molar refractivity (Wildman–Crippen MR) is 169 cm³/mol. The van der Waals surface area contributed by atoms with Gasteiger partial charge in [-0.25, -0.2) is 0 Å². The summed E-state index contributed by atoms with van der Waals surface area (Å²) in [5.74, 6) is -0.954. The average Bonchev–Trinajstić information content (AvgIpc) is 2.98. The van der Waals surface area contributed by atoms with Gasteiger partial charge in [0.1, 0.15) is 17.9 Å². The number of benzene rings is 2. The highest BCUT2D eigenvalue weighted by Crippen LogP contribution is 2.20. The van der Waals surface area contributed by atoms with E-state index >= 15 is 0 Å². The Hall–Kier alpha value is -3.99. The fourth-order valence-electron chi connectivity index (χ4n) is 4.06. The molecule has 3 amide bonds. The number of aliphatic imine (C=N–C) groups is 1. The molecular formula is C31H49N7O4. The molecule has 0 fully saturated rings. The molecule has 0 bridgehead atoms. The van der Waals surface area contributed by atoms with Crippen LogP contribution in [0.25, 0.3) is 10.8 Å². The van der Waals surface area contributed by atoms with Gasteiger partial charge in [0.05, 0.1) is 0 Å². The summed E-state index contributed by atoms with van der Waals surface area (Å²) in [5, 5.41) is 13.5. The van der Waals surface area contributed by atoms with Crippen molar-refractivity contribution in [2.75, 3.05) is 40.8 Å². The number of hydrogen-bond donors (Lipinski definition) is 5. The van der Waals surface area contributed by atoms with Crippen LogP contribution in [-0.4, -0.2) is 87.2 Å². The molecule has 2 aromatic carbocycles. The first-order valence-corrected chi connectivity index (χ1v) is 14.6. The molecule has 0 aromatic heterocycles.